The Morgan fingerprint density at radius 3 is 3.10 bits per heavy atom. The first kappa shape index (κ1) is 6.67. The number of rotatable bonds is 1. The molecule has 0 aromatic carbocycles. The quantitative estimate of drug-likeness (QED) is 0.359. The van der Waals surface area contributed by atoms with Crippen molar-refractivity contribution >= 4 is 6.21 Å². The smallest absolute Gasteiger partial charge is 0.150 e. The van der Waals surface area contributed by atoms with Gasteiger partial charge in [0.1, 0.15) is 5.69 Å². The van der Waals surface area contributed by atoms with E-state index in [2.05, 4.69) is 10.1 Å². The van der Waals surface area contributed by atoms with Crippen molar-refractivity contribution in [1.82, 2.24) is 4.98 Å². The number of nitrogens with zero attached hydrogens (tertiary/aromatic N) is 2. The highest BCUT2D eigenvalue weighted by Crippen LogP contribution is 1.97. The molecule has 10 heavy (non-hydrogen) atoms. The third-order valence-corrected chi connectivity index (χ3v) is 0.967. The summed E-state index contributed by atoms with van der Waals surface area (Å²) in [5, 5.41) is 10.6. The fraction of sp³-hybridized carbons (Fsp3) is 0. The molecule has 0 aliphatic heterocycles. The molecule has 0 aliphatic carbocycles. The van der Waals surface area contributed by atoms with Gasteiger partial charge in [-0.2, -0.15) is 0 Å². The molecule has 1 aromatic heterocycles. The van der Waals surface area contributed by atoms with Gasteiger partial charge in [-0.3, -0.25) is 4.98 Å². The van der Waals surface area contributed by atoms with E-state index < -0.39 is 5.82 Å². The maximum atomic E-state index is 12.5. The average molecular weight is 140 g/mol. The van der Waals surface area contributed by atoms with Crippen molar-refractivity contribution in [2.24, 2.45) is 5.16 Å². The van der Waals surface area contributed by atoms with Gasteiger partial charge in [0.25, 0.3) is 0 Å². The number of hydrogen-bond donors (Lipinski definition) is 1. The zero-order valence-electron chi connectivity index (χ0n) is 5.03. The Labute approximate surface area is 56.8 Å². The monoisotopic (exact) mass is 140 g/mol. The summed E-state index contributed by atoms with van der Waals surface area (Å²) in [6.45, 7) is 0. The Bertz CT molecular complexity index is 249. The predicted molar refractivity (Wildman–Crippen MR) is 33.6 cm³/mol. The molecule has 1 N–H and O–H groups in total. The summed E-state index contributed by atoms with van der Waals surface area (Å²) in [5.74, 6) is -0.500. The predicted octanol–water partition coefficient (Wildman–Crippen LogP) is 1.03. The van der Waals surface area contributed by atoms with Gasteiger partial charge >= 0.3 is 0 Å². The maximum absolute atomic E-state index is 12.5. The summed E-state index contributed by atoms with van der Waals surface area (Å²) in [6.07, 6.45) is 2.36. The van der Waals surface area contributed by atoms with Crippen LogP contribution in [0.2, 0.25) is 0 Å². The van der Waals surface area contributed by atoms with Crippen LogP contribution in [0.5, 0.6) is 0 Å². The molecule has 3 nitrogen and oxygen atoms in total. The van der Waals surface area contributed by atoms with Gasteiger partial charge in [0.15, 0.2) is 5.82 Å². The second kappa shape index (κ2) is 2.91. The lowest BCUT2D eigenvalue weighted by molar-refractivity contribution is 0.321. The Kier molecular flexibility index (Phi) is 1.94. The van der Waals surface area contributed by atoms with Crippen LogP contribution >= 0.6 is 0 Å². The third-order valence-electron chi connectivity index (χ3n) is 0.967. The van der Waals surface area contributed by atoms with E-state index in [0.717, 1.165) is 6.21 Å². The summed E-state index contributed by atoms with van der Waals surface area (Å²) in [5.41, 5.74) is 0.0324. The van der Waals surface area contributed by atoms with E-state index in [-0.39, 0.29) is 5.69 Å². The molecule has 0 saturated heterocycles. The van der Waals surface area contributed by atoms with Crippen LogP contribution < -0.4 is 0 Å². The minimum atomic E-state index is -0.500. The lowest BCUT2D eigenvalue weighted by Gasteiger charge is -1.89. The van der Waals surface area contributed by atoms with Gasteiger partial charge in [-0.1, -0.05) is 5.16 Å². The highest BCUT2D eigenvalue weighted by Gasteiger charge is 1.96. The Morgan fingerprint density at radius 1 is 1.70 bits per heavy atom. The first-order chi connectivity index (χ1) is 4.84. The summed E-state index contributed by atoms with van der Waals surface area (Å²) in [4.78, 5) is 3.58. The third kappa shape index (κ3) is 1.28. The van der Waals surface area contributed by atoms with Crippen molar-refractivity contribution in [3.8, 4) is 0 Å². The molecule has 0 spiro atoms. The minimum Gasteiger partial charge on any atom is -0.411 e. The Morgan fingerprint density at radius 2 is 2.50 bits per heavy atom. The van der Waals surface area contributed by atoms with E-state index in [4.69, 9.17) is 5.21 Å². The molecule has 1 rings (SSSR count). The number of oxime groups is 1. The molecular formula is C6H5FN2O. The first-order valence-electron chi connectivity index (χ1n) is 2.62. The molecule has 0 unspecified atom stereocenters. The molecule has 0 aliphatic rings. The van der Waals surface area contributed by atoms with E-state index in [1.807, 2.05) is 0 Å². The highest BCUT2D eigenvalue weighted by molar-refractivity contribution is 5.76. The van der Waals surface area contributed by atoms with Crippen molar-refractivity contribution in [1.29, 1.82) is 0 Å². The zero-order valence-corrected chi connectivity index (χ0v) is 5.03. The van der Waals surface area contributed by atoms with E-state index in [1.54, 1.807) is 0 Å². The van der Waals surface area contributed by atoms with Crippen LogP contribution in [0, 0.1) is 5.82 Å². The van der Waals surface area contributed by atoms with E-state index in [0.29, 0.717) is 0 Å². The summed E-state index contributed by atoms with van der Waals surface area (Å²) in [7, 11) is 0. The van der Waals surface area contributed by atoms with E-state index in [1.165, 1.54) is 18.3 Å². The van der Waals surface area contributed by atoms with Crippen LogP contribution in [0.25, 0.3) is 0 Å². The molecule has 0 fully saturated rings. The Balaban J connectivity index is 3.03. The fourth-order valence-corrected chi connectivity index (χ4v) is 0.548. The van der Waals surface area contributed by atoms with Gasteiger partial charge in [0.2, 0.25) is 0 Å². The minimum absolute atomic E-state index is 0.0324. The summed E-state index contributed by atoms with van der Waals surface area (Å²) >= 11 is 0. The summed E-state index contributed by atoms with van der Waals surface area (Å²) < 4.78 is 12.5. The van der Waals surface area contributed by atoms with Gasteiger partial charge in [0.05, 0.1) is 6.21 Å². The standard InChI is InChI=1S/C6H5FN2O/c7-5-2-1-3-8-6(5)4-9-10/h1-4,10H. The Hall–Kier alpha value is -1.45. The first-order valence-corrected chi connectivity index (χ1v) is 2.62. The number of pyridine rings is 1. The van der Waals surface area contributed by atoms with Gasteiger partial charge in [-0.05, 0) is 12.1 Å². The number of halogens is 1. The van der Waals surface area contributed by atoms with Crippen molar-refractivity contribution in [3.05, 3.63) is 29.8 Å². The molecule has 4 heteroatoms. The van der Waals surface area contributed by atoms with Gasteiger partial charge in [-0.15, -0.1) is 0 Å². The highest BCUT2D eigenvalue weighted by atomic mass is 19.1. The van der Waals surface area contributed by atoms with Crippen LogP contribution in [0.15, 0.2) is 23.5 Å². The van der Waals surface area contributed by atoms with Crippen molar-refractivity contribution in [3.63, 3.8) is 0 Å². The second-order valence-corrected chi connectivity index (χ2v) is 1.62. The molecule has 1 aromatic rings. The van der Waals surface area contributed by atoms with E-state index in [9.17, 15) is 4.39 Å². The molecule has 0 saturated carbocycles. The average Bonchev–Trinajstić information content (AvgIpc) is 1.94. The van der Waals surface area contributed by atoms with E-state index >= 15 is 0 Å². The second-order valence-electron chi connectivity index (χ2n) is 1.62. The van der Waals surface area contributed by atoms with Gasteiger partial charge < -0.3 is 5.21 Å². The SMILES string of the molecule is ON=Cc1ncccc1F. The van der Waals surface area contributed by atoms with Crippen LogP contribution in [-0.4, -0.2) is 16.4 Å². The maximum Gasteiger partial charge on any atom is 0.150 e. The lowest BCUT2D eigenvalue weighted by Crippen LogP contribution is -1.90. The zero-order chi connectivity index (χ0) is 7.40. The van der Waals surface area contributed by atoms with Crippen LogP contribution in [0.3, 0.4) is 0 Å². The van der Waals surface area contributed by atoms with Crippen LogP contribution in [0.4, 0.5) is 4.39 Å². The van der Waals surface area contributed by atoms with Crippen LogP contribution in [0.1, 0.15) is 5.69 Å². The largest absolute Gasteiger partial charge is 0.411 e. The van der Waals surface area contributed by atoms with Crippen LogP contribution in [-0.2, 0) is 0 Å². The summed E-state index contributed by atoms with van der Waals surface area (Å²) in [6, 6.07) is 2.70. The topological polar surface area (TPSA) is 45.5 Å². The molecule has 1 heterocycles. The van der Waals surface area contributed by atoms with Crippen molar-refractivity contribution in [2.75, 3.05) is 0 Å². The molecule has 0 radical (unpaired) electrons. The van der Waals surface area contributed by atoms with Crippen molar-refractivity contribution < 1.29 is 9.60 Å². The fourth-order valence-electron chi connectivity index (χ4n) is 0.548. The molecule has 52 valence electrons. The normalized spacial score (nSPS) is 10.5. The van der Waals surface area contributed by atoms with Gasteiger partial charge in [-0.25, -0.2) is 4.39 Å². The lowest BCUT2D eigenvalue weighted by atomic mass is 10.3. The van der Waals surface area contributed by atoms with Crippen molar-refractivity contribution in [2.45, 2.75) is 0 Å². The molecule has 0 atom stereocenters. The number of hydrogen-bond acceptors (Lipinski definition) is 3. The number of aromatic nitrogens is 1. The molecule has 0 bridgehead atoms. The van der Waals surface area contributed by atoms with Gasteiger partial charge in [0, 0.05) is 6.20 Å². The molecular weight excluding hydrogens is 135 g/mol. The molecule has 0 amide bonds.